The molecule has 2 aromatic heterocycles. The average Bonchev–Trinajstić information content (AvgIpc) is 3.36. The first kappa shape index (κ1) is 26.2. The van der Waals surface area contributed by atoms with E-state index in [1.54, 1.807) is 18.0 Å². The van der Waals surface area contributed by atoms with Crippen molar-refractivity contribution in [2.75, 3.05) is 13.7 Å². The number of carbonyl (C=O) groups is 2. The largest absolute Gasteiger partial charge is 0.497 e. The van der Waals surface area contributed by atoms with Crippen LogP contribution in [0.2, 0.25) is 0 Å². The highest BCUT2D eigenvalue weighted by atomic mass is 16.5. The summed E-state index contributed by atoms with van der Waals surface area (Å²) in [6.45, 7) is 3.15. The SMILES string of the molecule is COc1cccc(CNC(=O)c2cc(-c3nnn(C[C@H]4CCC[C@@H](NC(=O)CCN)C4)n3)cc(C)n2)c1. The van der Waals surface area contributed by atoms with E-state index in [-0.39, 0.29) is 23.6 Å². The molecular formula is C26H34N8O3. The van der Waals surface area contributed by atoms with Crippen LogP contribution in [0.3, 0.4) is 0 Å². The minimum absolute atomic E-state index is 0.00529. The highest BCUT2D eigenvalue weighted by molar-refractivity contribution is 5.93. The number of benzene rings is 1. The molecule has 1 aliphatic carbocycles. The summed E-state index contributed by atoms with van der Waals surface area (Å²) in [5.74, 6) is 1.24. The first-order valence-corrected chi connectivity index (χ1v) is 12.6. The number of tetrazole rings is 1. The van der Waals surface area contributed by atoms with Gasteiger partial charge in [0.2, 0.25) is 11.7 Å². The minimum atomic E-state index is -0.287. The predicted octanol–water partition coefficient (Wildman–Crippen LogP) is 2.01. The predicted molar refractivity (Wildman–Crippen MR) is 138 cm³/mol. The number of hydrogen-bond donors (Lipinski definition) is 3. The van der Waals surface area contributed by atoms with Crippen LogP contribution in [0.5, 0.6) is 5.75 Å². The van der Waals surface area contributed by atoms with E-state index >= 15 is 0 Å². The Balaban J connectivity index is 1.38. The Labute approximate surface area is 216 Å². The standard InChI is InChI=1S/C26H34N8O3/c1-17-11-20(14-23(29-17)26(36)28-15-18-5-4-8-22(13-18)37-2)25-31-33-34(32-25)16-19-6-3-7-21(12-19)30-24(35)9-10-27/h4-5,8,11,13-14,19,21H,3,6-7,9-10,12,15-16,27H2,1-2H3,(H,28,36)(H,30,35)/t19-,21+/m0/s1. The molecule has 2 amide bonds. The second kappa shape index (κ2) is 12.4. The zero-order chi connectivity index (χ0) is 26.2. The van der Waals surface area contributed by atoms with Gasteiger partial charge in [0.15, 0.2) is 0 Å². The Morgan fingerprint density at radius 1 is 1.22 bits per heavy atom. The van der Waals surface area contributed by atoms with Gasteiger partial charge < -0.3 is 21.1 Å². The number of ether oxygens (including phenoxy) is 1. The second-order valence-electron chi connectivity index (χ2n) is 9.42. The average molecular weight is 507 g/mol. The van der Waals surface area contributed by atoms with E-state index in [2.05, 4.69) is 31.0 Å². The van der Waals surface area contributed by atoms with Gasteiger partial charge in [-0.25, -0.2) is 4.98 Å². The summed E-state index contributed by atoms with van der Waals surface area (Å²) in [7, 11) is 1.61. The van der Waals surface area contributed by atoms with Crippen molar-refractivity contribution in [2.24, 2.45) is 11.7 Å². The molecule has 4 rings (SSSR count). The van der Waals surface area contributed by atoms with E-state index in [9.17, 15) is 9.59 Å². The number of nitrogens with one attached hydrogen (secondary N) is 2. The summed E-state index contributed by atoms with van der Waals surface area (Å²) in [5.41, 5.74) is 8.06. The van der Waals surface area contributed by atoms with Crippen LogP contribution < -0.4 is 21.1 Å². The van der Waals surface area contributed by atoms with Crippen molar-refractivity contribution in [1.82, 2.24) is 35.8 Å². The molecular weight excluding hydrogens is 472 g/mol. The fourth-order valence-electron chi connectivity index (χ4n) is 4.66. The number of nitrogens with two attached hydrogens (primary N) is 1. The number of aryl methyl sites for hydroxylation is 1. The molecule has 1 saturated carbocycles. The molecule has 1 aromatic carbocycles. The maximum atomic E-state index is 12.8. The first-order valence-electron chi connectivity index (χ1n) is 12.6. The zero-order valence-electron chi connectivity index (χ0n) is 21.3. The maximum Gasteiger partial charge on any atom is 0.270 e. The number of methoxy groups -OCH3 is 1. The van der Waals surface area contributed by atoms with E-state index < -0.39 is 0 Å². The molecule has 4 N–H and O–H groups in total. The van der Waals surface area contributed by atoms with E-state index in [0.29, 0.717) is 49.1 Å². The van der Waals surface area contributed by atoms with Gasteiger partial charge in [-0.1, -0.05) is 18.6 Å². The van der Waals surface area contributed by atoms with E-state index in [1.165, 1.54) is 0 Å². The Hall–Kier alpha value is -3.86. The van der Waals surface area contributed by atoms with Crippen LogP contribution in [-0.4, -0.2) is 56.7 Å². The first-order chi connectivity index (χ1) is 17.9. The molecule has 196 valence electrons. The van der Waals surface area contributed by atoms with Crippen molar-refractivity contribution >= 4 is 11.8 Å². The molecule has 3 aromatic rings. The summed E-state index contributed by atoms with van der Waals surface area (Å²) in [4.78, 5) is 30.7. The molecule has 1 fully saturated rings. The van der Waals surface area contributed by atoms with Crippen molar-refractivity contribution in [3.05, 3.63) is 53.3 Å². The molecule has 37 heavy (non-hydrogen) atoms. The normalized spacial score (nSPS) is 17.3. The number of pyridine rings is 1. The molecule has 0 radical (unpaired) electrons. The summed E-state index contributed by atoms with van der Waals surface area (Å²) in [5, 5.41) is 19.0. The van der Waals surface area contributed by atoms with Crippen LogP contribution in [0.1, 0.15) is 53.8 Å². The van der Waals surface area contributed by atoms with E-state index in [0.717, 1.165) is 37.0 Å². The smallest absolute Gasteiger partial charge is 0.270 e. The quantitative estimate of drug-likeness (QED) is 0.378. The molecule has 2 heterocycles. The van der Waals surface area contributed by atoms with Crippen molar-refractivity contribution in [1.29, 1.82) is 0 Å². The van der Waals surface area contributed by atoms with Crippen LogP contribution in [0, 0.1) is 12.8 Å². The molecule has 11 nitrogen and oxygen atoms in total. The fraction of sp³-hybridized carbons (Fsp3) is 0.462. The van der Waals surface area contributed by atoms with Crippen LogP contribution in [0.4, 0.5) is 0 Å². The van der Waals surface area contributed by atoms with Gasteiger partial charge in [0, 0.05) is 36.8 Å². The fourth-order valence-corrected chi connectivity index (χ4v) is 4.66. The Bertz CT molecular complexity index is 1230. The van der Waals surface area contributed by atoms with Gasteiger partial charge in [-0.15, -0.1) is 10.2 Å². The monoisotopic (exact) mass is 506 g/mol. The lowest BCUT2D eigenvalue weighted by Gasteiger charge is -2.29. The third-order valence-corrected chi connectivity index (χ3v) is 6.43. The van der Waals surface area contributed by atoms with Crippen molar-refractivity contribution in [3.8, 4) is 17.1 Å². The van der Waals surface area contributed by atoms with Crippen molar-refractivity contribution < 1.29 is 14.3 Å². The van der Waals surface area contributed by atoms with Gasteiger partial charge in [-0.3, -0.25) is 9.59 Å². The third kappa shape index (κ3) is 7.32. The van der Waals surface area contributed by atoms with Gasteiger partial charge in [-0.2, -0.15) is 4.80 Å². The van der Waals surface area contributed by atoms with Crippen molar-refractivity contribution in [2.45, 2.75) is 58.2 Å². The Kier molecular flexibility index (Phi) is 8.78. The molecule has 0 saturated heterocycles. The molecule has 0 unspecified atom stereocenters. The summed E-state index contributed by atoms with van der Waals surface area (Å²) in [6.07, 6.45) is 4.28. The lowest BCUT2D eigenvalue weighted by Crippen LogP contribution is -2.39. The summed E-state index contributed by atoms with van der Waals surface area (Å²) >= 11 is 0. The second-order valence-corrected chi connectivity index (χ2v) is 9.42. The van der Waals surface area contributed by atoms with Gasteiger partial charge >= 0.3 is 0 Å². The molecule has 0 spiro atoms. The lowest BCUT2D eigenvalue weighted by atomic mass is 9.85. The molecule has 0 bridgehead atoms. The van der Waals surface area contributed by atoms with Gasteiger partial charge in [-0.05, 0) is 67.1 Å². The Morgan fingerprint density at radius 2 is 2.08 bits per heavy atom. The number of hydrogen-bond acceptors (Lipinski definition) is 8. The number of nitrogens with zero attached hydrogens (tertiary/aromatic N) is 5. The maximum absolute atomic E-state index is 12.8. The number of amides is 2. The Morgan fingerprint density at radius 3 is 2.89 bits per heavy atom. The molecule has 1 aliphatic rings. The van der Waals surface area contributed by atoms with E-state index in [1.807, 2.05) is 37.3 Å². The lowest BCUT2D eigenvalue weighted by molar-refractivity contribution is -0.121. The van der Waals surface area contributed by atoms with Gasteiger partial charge in [0.1, 0.15) is 11.4 Å². The summed E-state index contributed by atoms with van der Waals surface area (Å²) < 4.78 is 5.24. The minimum Gasteiger partial charge on any atom is -0.497 e. The van der Waals surface area contributed by atoms with Gasteiger partial charge in [0.05, 0.1) is 13.7 Å². The van der Waals surface area contributed by atoms with Crippen molar-refractivity contribution in [3.63, 3.8) is 0 Å². The number of carbonyl (C=O) groups excluding carboxylic acids is 2. The number of rotatable bonds is 10. The summed E-state index contributed by atoms with van der Waals surface area (Å²) in [6, 6.07) is 11.2. The third-order valence-electron chi connectivity index (χ3n) is 6.43. The topological polar surface area (TPSA) is 150 Å². The van der Waals surface area contributed by atoms with Crippen LogP contribution in [0.25, 0.3) is 11.4 Å². The number of aromatic nitrogens is 5. The van der Waals surface area contributed by atoms with E-state index in [4.69, 9.17) is 10.5 Å². The molecule has 0 aliphatic heterocycles. The van der Waals surface area contributed by atoms with Crippen LogP contribution in [-0.2, 0) is 17.9 Å². The van der Waals surface area contributed by atoms with Crippen LogP contribution >= 0.6 is 0 Å². The molecule has 2 atom stereocenters. The molecule has 11 heteroatoms. The zero-order valence-corrected chi connectivity index (χ0v) is 21.3. The van der Waals surface area contributed by atoms with Crippen LogP contribution in [0.15, 0.2) is 36.4 Å². The highest BCUT2D eigenvalue weighted by Gasteiger charge is 2.24. The van der Waals surface area contributed by atoms with Gasteiger partial charge in [0.25, 0.3) is 5.91 Å². The highest BCUT2D eigenvalue weighted by Crippen LogP contribution is 2.26.